The maximum atomic E-state index is 11.9. The number of aliphatic hydroxyl groups excluding tert-OH is 1. The summed E-state index contributed by atoms with van der Waals surface area (Å²) in [5.74, 6) is 0.210. The lowest BCUT2D eigenvalue weighted by Gasteiger charge is -2.25. The third-order valence-corrected chi connectivity index (χ3v) is 3.58. The second-order valence-corrected chi connectivity index (χ2v) is 5.00. The zero-order valence-electron chi connectivity index (χ0n) is 10.6. The van der Waals surface area contributed by atoms with Gasteiger partial charge < -0.3 is 16.2 Å². The number of amides is 1. The molecule has 1 saturated carbocycles. The monoisotopic (exact) mass is 252 g/mol. The number of aliphatic hydroxyl groups is 1. The molecule has 100 valence electrons. The zero-order chi connectivity index (χ0) is 13.1. The van der Waals surface area contributed by atoms with E-state index in [9.17, 15) is 9.90 Å². The molecule has 1 aliphatic carbocycles. The number of nitrogens with one attached hydrogen (secondary N) is 2. The first-order valence-electron chi connectivity index (χ1n) is 6.34. The topological polar surface area (TPSA) is 104 Å². The van der Waals surface area contributed by atoms with Gasteiger partial charge in [-0.1, -0.05) is 0 Å². The number of carbonyl (C=O) groups excluding carboxylic acids is 1. The zero-order valence-corrected chi connectivity index (χ0v) is 10.6. The highest BCUT2D eigenvalue weighted by Crippen LogP contribution is 2.23. The summed E-state index contributed by atoms with van der Waals surface area (Å²) in [5, 5.41) is 18.8. The maximum Gasteiger partial charge on any atom is 0.273 e. The van der Waals surface area contributed by atoms with Gasteiger partial charge in [-0.2, -0.15) is 5.10 Å². The Morgan fingerprint density at radius 2 is 2.17 bits per heavy atom. The SMILES string of the molecule is Cc1[nH]nc(C(=O)NCC2CCC(O)CC2)c1N. The number of aromatic nitrogens is 2. The van der Waals surface area contributed by atoms with Gasteiger partial charge in [-0.15, -0.1) is 0 Å². The lowest BCUT2D eigenvalue weighted by molar-refractivity contribution is 0.0906. The van der Waals surface area contributed by atoms with Gasteiger partial charge in [0.05, 0.1) is 17.5 Å². The minimum atomic E-state index is -0.233. The predicted octanol–water partition coefficient (Wildman–Crippen LogP) is 0.581. The Morgan fingerprint density at radius 1 is 1.50 bits per heavy atom. The van der Waals surface area contributed by atoms with E-state index in [1.54, 1.807) is 6.92 Å². The Hall–Kier alpha value is -1.56. The first-order valence-corrected chi connectivity index (χ1v) is 6.34. The number of aryl methyl sites for hydroxylation is 1. The highest BCUT2D eigenvalue weighted by atomic mass is 16.3. The molecule has 0 radical (unpaired) electrons. The van der Waals surface area contributed by atoms with E-state index in [1.807, 2.05) is 0 Å². The lowest BCUT2D eigenvalue weighted by atomic mass is 9.87. The summed E-state index contributed by atoms with van der Waals surface area (Å²) in [6.45, 7) is 2.40. The predicted molar refractivity (Wildman–Crippen MR) is 68.0 cm³/mol. The van der Waals surface area contributed by atoms with Crippen molar-refractivity contribution in [3.8, 4) is 0 Å². The van der Waals surface area contributed by atoms with Crippen molar-refractivity contribution in [3.05, 3.63) is 11.4 Å². The fourth-order valence-corrected chi connectivity index (χ4v) is 2.28. The van der Waals surface area contributed by atoms with Crippen LogP contribution >= 0.6 is 0 Å². The average molecular weight is 252 g/mol. The van der Waals surface area contributed by atoms with Crippen LogP contribution in [-0.4, -0.2) is 33.9 Å². The summed E-state index contributed by atoms with van der Waals surface area (Å²) < 4.78 is 0. The fourth-order valence-electron chi connectivity index (χ4n) is 2.28. The second-order valence-electron chi connectivity index (χ2n) is 5.00. The van der Waals surface area contributed by atoms with Gasteiger partial charge in [-0.05, 0) is 38.5 Å². The molecule has 0 spiro atoms. The second kappa shape index (κ2) is 5.39. The van der Waals surface area contributed by atoms with E-state index < -0.39 is 0 Å². The van der Waals surface area contributed by atoms with Gasteiger partial charge in [-0.3, -0.25) is 9.89 Å². The van der Waals surface area contributed by atoms with Crippen LogP contribution in [0.3, 0.4) is 0 Å². The van der Waals surface area contributed by atoms with Crippen molar-refractivity contribution >= 4 is 11.6 Å². The van der Waals surface area contributed by atoms with Crippen molar-refractivity contribution in [2.75, 3.05) is 12.3 Å². The quantitative estimate of drug-likeness (QED) is 0.631. The largest absolute Gasteiger partial charge is 0.395 e. The molecule has 0 unspecified atom stereocenters. The van der Waals surface area contributed by atoms with Crippen LogP contribution in [0.1, 0.15) is 41.9 Å². The van der Waals surface area contributed by atoms with Crippen molar-refractivity contribution in [2.24, 2.45) is 5.92 Å². The van der Waals surface area contributed by atoms with E-state index in [1.165, 1.54) is 0 Å². The first-order chi connectivity index (χ1) is 8.58. The van der Waals surface area contributed by atoms with Crippen molar-refractivity contribution in [2.45, 2.75) is 38.7 Å². The van der Waals surface area contributed by atoms with Crippen LogP contribution in [-0.2, 0) is 0 Å². The van der Waals surface area contributed by atoms with Crippen LogP contribution in [0.4, 0.5) is 5.69 Å². The number of hydrogen-bond acceptors (Lipinski definition) is 4. The van der Waals surface area contributed by atoms with Gasteiger partial charge in [0, 0.05) is 6.54 Å². The number of nitrogens with two attached hydrogens (primary N) is 1. The van der Waals surface area contributed by atoms with Crippen molar-refractivity contribution in [1.29, 1.82) is 0 Å². The minimum absolute atomic E-state index is 0.165. The fraction of sp³-hybridized carbons (Fsp3) is 0.667. The molecule has 6 nitrogen and oxygen atoms in total. The lowest BCUT2D eigenvalue weighted by Crippen LogP contribution is -2.32. The molecule has 1 aromatic heterocycles. The van der Waals surface area contributed by atoms with Crippen LogP contribution in [0, 0.1) is 12.8 Å². The molecule has 0 aliphatic heterocycles. The molecule has 1 heterocycles. The summed E-state index contributed by atoms with van der Waals surface area (Å²) in [4.78, 5) is 11.9. The Labute approximate surface area is 106 Å². The summed E-state index contributed by atoms with van der Waals surface area (Å²) in [6.07, 6.45) is 3.39. The van der Waals surface area contributed by atoms with E-state index in [-0.39, 0.29) is 17.7 Å². The molecule has 1 fully saturated rings. The molecule has 18 heavy (non-hydrogen) atoms. The molecule has 0 saturated heterocycles. The van der Waals surface area contributed by atoms with Gasteiger partial charge in [0.2, 0.25) is 0 Å². The molecular formula is C12H20N4O2. The number of H-pyrrole nitrogens is 1. The van der Waals surface area contributed by atoms with Crippen molar-refractivity contribution in [3.63, 3.8) is 0 Å². The number of hydrogen-bond donors (Lipinski definition) is 4. The molecule has 0 aromatic carbocycles. The Kier molecular flexibility index (Phi) is 3.86. The number of nitrogens with zero attached hydrogens (tertiary/aromatic N) is 1. The highest BCUT2D eigenvalue weighted by Gasteiger charge is 2.21. The van der Waals surface area contributed by atoms with Gasteiger partial charge in [0.1, 0.15) is 0 Å². The molecule has 6 heteroatoms. The molecule has 1 amide bonds. The van der Waals surface area contributed by atoms with E-state index in [4.69, 9.17) is 5.73 Å². The number of carbonyl (C=O) groups is 1. The smallest absolute Gasteiger partial charge is 0.273 e. The molecule has 5 N–H and O–H groups in total. The van der Waals surface area contributed by atoms with Crippen LogP contribution < -0.4 is 11.1 Å². The van der Waals surface area contributed by atoms with E-state index >= 15 is 0 Å². The highest BCUT2D eigenvalue weighted by molar-refractivity contribution is 5.97. The average Bonchev–Trinajstić information content (AvgIpc) is 2.69. The maximum absolute atomic E-state index is 11.9. The van der Waals surface area contributed by atoms with Crippen LogP contribution in [0.25, 0.3) is 0 Å². The molecule has 0 atom stereocenters. The van der Waals surface area contributed by atoms with Gasteiger partial charge in [-0.25, -0.2) is 0 Å². The van der Waals surface area contributed by atoms with Gasteiger partial charge >= 0.3 is 0 Å². The summed E-state index contributed by atoms with van der Waals surface area (Å²) in [7, 11) is 0. The van der Waals surface area contributed by atoms with Crippen LogP contribution in [0.15, 0.2) is 0 Å². The molecule has 0 bridgehead atoms. The number of rotatable bonds is 3. The molecule has 2 rings (SSSR count). The first kappa shape index (κ1) is 12.9. The van der Waals surface area contributed by atoms with E-state index in [0.717, 1.165) is 25.7 Å². The van der Waals surface area contributed by atoms with E-state index in [2.05, 4.69) is 15.5 Å². The number of anilines is 1. The summed E-state index contributed by atoms with van der Waals surface area (Å²) >= 11 is 0. The third-order valence-electron chi connectivity index (χ3n) is 3.58. The number of aromatic amines is 1. The molecular weight excluding hydrogens is 232 g/mol. The van der Waals surface area contributed by atoms with Crippen molar-refractivity contribution in [1.82, 2.24) is 15.5 Å². The molecule has 1 aromatic rings. The van der Waals surface area contributed by atoms with Gasteiger partial charge in [0.25, 0.3) is 5.91 Å². The Bertz CT molecular complexity index is 422. The van der Waals surface area contributed by atoms with E-state index in [0.29, 0.717) is 23.8 Å². The Balaban J connectivity index is 1.83. The van der Waals surface area contributed by atoms with Crippen LogP contribution in [0.2, 0.25) is 0 Å². The third kappa shape index (κ3) is 2.81. The summed E-state index contributed by atoms with van der Waals surface area (Å²) in [5.41, 5.74) is 7.13. The summed E-state index contributed by atoms with van der Waals surface area (Å²) in [6, 6.07) is 0. The standard InChI is InChI=1S/C12H20N4O2/c1-7-10(13)11(16-15-7)12(18)14-6-8-2-4-9(17)5-3-8/h8-9,17H,2-6,13H2,1H3,(H,14,18)(H,15,16). The minimum Gasteiger partial charge on any atom is -0.395 e. The van der Waals surface area contributed by atoms with Gasteiger partial charge in [0.15, 0.2) is 5.69 Å². The van der Waals surface area contributed by atoms with Crippen molar-refractivity contribution < 1.29 is 9.90 Å². The Morgan fingerprint density at radius 3 is 2.72 bits per heavy atom. The number of nitrogen functional groups attached to an aromatic ring is 1. The normalized spacial score (nSPS) is 23.9. The molecule has 1 aliphatic rings. The van der Waals surface area contributed by atoms with Crippen LogP contribution in [0.5, 0.6) is 0 Å².